The fourth-order valence-electron chi connectivity index (χ4n) is 4.22. The standard InChI is InChI=1S/C16H23N7/c17-16-19-14(5-15-20-18-10-23(15)16)22-8-12-3-4-13(9-22)21(7-12)6-11-1-2-11/h5,10-13H,1-4,6-9H2,(H2,17,19)/t12-,13-/m1/s1. The third-order valence-corrected chi connectivity index (χ3v) is 5.65. The second kappa shape index (κ2) is 5.06. The van der Waals surface area contributed by atoms with Gasteiger partial charge in [-0.1, -0.05) is 0 Å². The minimum atomic E-state index is 0.467. The quantitative estimate of drug-likeness (QED) is 0.912. The van der Waals surface area contributed by atoms with Crippen molar-refractivity contribution >= 4 is 17.4 Å². The second-order valence-electron chi connectivity index (χ2n) is 7.43. The number of nitrogens with two attached hydrogens (primary N) is 1. The van der Waals surface area contributed by atoms with Crippen LogP contribution in [-0.2, 0) is 0 Å². The van der Waals surface area contributed by atoms with Crippen LogP contribution in [0.2, 0.25) is 0 Å². The molecule has 0 aromatic carbocycles. The molecular weight excluding hydrogens is 290 g/mol. The van der Waals surface area contributed by atoms with Crippen LogP contribution in [0.3, 0.4) is 0 Å². The molecule has 2 aromatic rings. The van der Waals surface area contributed by atoms with Crippen LogP contribution in [0.1, 0.15) is 25.7 Å². The number of rotatable bonds is 3. The number of piperidine rings is 1. The number of nitrogen functional groups attached to an aromatic ring is 1. The van der Waals surface area contributed by atoms with Crippen molar-refractivity contribution < 1.29 is 0 Å². The predicted molar refractivity (Wildman–Crippen MR) is 88.2 cm³/mol. The Morgan fingerprint density at radius 1 is 1.13 bits per heavy atom. The lowest BCUT2D eigenvalue weighted by Gasteiger charge is -2.36. The highest BCUT2D eigenvalue weighted by atomic mass is 15.3. The number of hydrogen-bond donors (Lipinski definition) is 1. The highest BCUT2D eigenvalue weighted by Gasteiger charge is 2.37. The Hall–Kier alpha value is -1.89. The zero-order chi connectivity index (χ0) is 15.4. The smallest absolute Gasteiger partial charge is 0.209 e. The molecule has 4 aliphatic rings. The third kappa shape index (κ3) is 2.43. The molecule has 3 saturated heterocycles. The minimum absolute atomic E-state index is 0.467. The third-order valence-electron chi connectivity index (χ3n) is 5.65. The Kier molecular flexibility index (Phi) is 2.98. The van der Waals surface area contributed by atoms with Crippen LogP contribution in [0, 0.1) is 11.8 Å². The van der Waals surface area contributed by atoms with E-state index < -0.39 is 0 Å². The first-order valence-corrected chi connectivity index (χ1v) is 8.71. The Bertz CT molecular complexity index is 722. The van der Waals surface area contributed by atoms with E-state index in [1.807, 2.05) is 6.07 Å². The summed E-state index contributed by atoms with van der Waals surface area (Å²) < 4.78 is 1.73. The van der Waals surface area contributed by atoms with Crippen molar-refractivity contribution in [3.8, 4) is 0 Å². The van der Waals surface area contributed by atoms with Crippen LogP contribution in [0.15, 0.2) is 12.4 Å². The Morgan fingerprint density at radius 2 is 2.04 bits per heavy atom. The van der Waals surface area contributed by atoms with Gasteiger partial charge >= 0.3 is 0 Å². The maximum absolute atomic E-state index is 6.07. The molecule has 5 heterocycles. The van der Waals surface area contributed by atoms with Crippen molar-refractivity contribution in [2.45, 2.75) is 31.7 Å². The molecule has 2 aromatic heterocycles. The summed E-state index contributed by atoms with van der Waals surface area (Å²) >= 11 is 0. The predicted octanol–water partition coefficient (Wildman–Crippen LogP) is 1.02. The molecular formula is C16H23N7. The molecule has 0 spiro atoms. The summed E-state index contributed by atoms with van der Waals surface area (Å²) in [4.78, 5) is 9.76. The number of fused-ring (bicyclic) bond motifs is 5. The van der Waals surface area contributed by atoms with Crippen molar-refractivity contribution in [3.05, 3.63) is 12.4 Å². The van der Waals surface area contributed by atoms with Gasteiger partial charge in [0.15, 0.2) is 5.65 Å². The van der Waals surface area contributed by atoms with Crippen LogP contribution in [0.4, 0.5) is 11.8 Å². The highest BCUT2D eigenvalue weighted by molar-refractivity contribution is 5.55. The molecule has 2 N–H and O–H groups in total. The topological polar surface area (TPSA) is 75.6 Å². The van der Waals surface area contributed by atoms with Crippen LogP contribution in [0.25, 0.3) is 5.65 Å². The monoisotopic (exact) mass is 313 g/mol. The fraction of sp³-hybridized carbons (Fsp3) is 0.688. The summed E-state index contributed by atoms with van der Waals surface area (Å²) in [6.07, 6.45) is 7.13. The van der Waals surface area contributed by atoms with Crippen LogP contribution in [-0.4, -0.2) is 56.7 Å². The molecule has 1 saturated carbocycles. The maximum atomic E-state index is 6.07. The summed E-state index contributed by atoms with van der Waals surface area (Å²) in [5.41, 5.74) is 6.85. The maximum Gasteiger partial charge on any atom is 0.209 e. The molecule has 0 amide bonds. The first-order chi connectivity index (χ1) is 11.3. The molecule has 2 bridgehead atoms. The van der Waals surface area contributed by atoms with Gasteiger partial charge in [0.05, 0.1) is 0 Å². The number of hydrogen-bond acceptors (Lipinski definition) is 6. The van der Waals surface area contributed by atoms with Gasteiger partial charge in [-0.2, -0.15) is 4.98 Å². The number of aromatic nitrogens is 4. The zero-order valence-corrected chi connectivity index (χ0v) is 13.3. The van der Waals surface area contributed by atoms with E-state index in [1.54, 1.807) is 10.7 Å². The summed E-state index contributed by atoms with van der Waals surface area (Å²) in [6.45, 7) is 4.68. The van der Waals surface area contributed by atoms with Gasteiger partial charge in [-0.15, -0.1) is 10.2 Å². The lowest BCUT2D eigenvalue weighted by atomic mass is 9.95. The first kappa shape index (κ1) is 13.5. The van der Waals surface area contributed by atoms with E-state index in [1.165, 1.54) is 38.8 Å². The molecule has 0 radical (unpaired) electrons. The molecule has 122 valence electrons. The van der Waals surface area contributed by atoms with E-state index in [9.17, 15) is 0 Å². The van der Waals surface area contributed by atoms with Crippen molar-refractivity contribution in [1.82, 2.24) is 24.5 Å². The van der Waals surface area contributed by atoms with Gasteiger partial charge in [-0.05, 0) is 37.5 Å². The van der Waals surface area contributed by atoms with Gasteiger partial charge in [-0.25, -0.2) is 0 Å². The normalized spacial score (nSPS) is 28.4. The van der Waals surface area contributed by atoms with E-state index >= 15 is 0 Å². The largest absolute Gasteiger partial charge is 0.369 e. The van der Waals surface area contributed by atoms with Crippen LogP contribution >= 0.6 is 0 Å². The highest BCUT2D eigenvalue weighted by Crippen LogP contribution is 2.35. The van der Waals surface area contributed by atoms with E-state index in [0.717, 1.165) is 36.4 Å². The van der Waals surface area contributed by atoms with E-state index in [2.05, 4.69) is 25.0 Å². The number of nitrogens with zero attached hydrogens (tertiary/aromatic N) is 6. The molecule has 7 heteroatoms. The van der Waals surface area contributed by atoms with Gasteiger partial charge in [0.25, 0.3) is 0 Å². The Balaban J connectivity index is 1.43. The minimum Gasteiger partial charge on any atom is -0.369 e. The molecule has 1 aliphatic carbocycles. The zero-order valence-electron chi connectivity index (χ0n) is 13.3. The molecule has 7 nitrogen and oxygen atoms in total. The van der Waals surface area contributed by atoms with Gasteiger partial charge in [-0.3, -0.25) is 9.30 Å². The van der Waals surface area contributed by atoms with Gasteiger partial charge in [0.1, 0.15) is 12.1 Å². The molecule has 4 fully saturated rings. The summed E-state index contributed by atoms with van der Waals surface area (Å²) in [6, 6.07) is 2.67. The average molecular weight is 313 g/mol. The molecule has 3 aliphatic heterocycles. The van der Waals surface area contributed by atoms with E-state index in [0.29, 0.717) is 12.0 Å². The Morgan fingerprint density at radius 3 is 2.91 bits per heavy atom. The van der Waals surface area contributed by atoms with Gasteiger partial charge < -0.3 is 10.6 Å². The average Bonchev–Trinajstić information content (AvgIpc) is 3.29. The SMILES string of the molecule is Nc1nc(N2C[C@@H]3CC[C@H](C2)N(CC2CC2)C3)cc2nncn12. The van der Waals surface area contributed by atoms with Crippen LogP contribution < -0.4 is 10.6 Å². The van der Waals surface area contributed by atoms with E-state index in [-0.39, 0.29) is 0 Å². The summed E-state index contributed by atoms with van der Waals surface area (Å²) in [5, 5.41) is 8.06. The summed E-state index contributed by atoms with van der Waals surface area (Å²) in [7, 11) is 0. The van der Waals surface area contributed by atoms with Gasteiger partial charge in [0.2, 0.25) is 5.95 Å². The molecule has 2 atom stereocenters. The Labute approximate surface area is 135 Å². The first-order valence-electron chi connectivity index (χ1n) is 8.71. The lowest BCUT2D eigenvalue weighted by Crippen LogP contribution is -2.44. The van der Waals surface area contributed by atoms with Crippen LogP contribution in [0.5, 0.6) is 0 Å². The second-order valence-corrected chi connectivity index (χ2v) is 7.43. The van der Waals surface area contributed by atoms with Crippen molar-refractivity contribution in [3.63, 3.8) is 0 Å². The van der Waals surface area contributed by atoms with Gasteiger partial charge in [0, 0.05) is 38.3 Å². The molecule has 0 unspecified atom stereocenters. The number of anilines is 2. The molecule has 23 heavy (non-hydrogen) atoms. The summed E-state index contributed by atoms with van der Waals surface area (Å²) in [5.74, 6) is 3.12. The van der Waals surface area contributed by atoms with Crippen molar-refractivity contribution in [1.29, 1.82) is 0 Å². The fourth-order valence-corrected chi connectivity index (χ4v) is 4.22. The van der Waals surface area contributed by atoms with Crippen molar-refractivity contribution in [2.75, 3.05) is 36.8 Å². The van der Waals surface area contributed by atoms with Crippen molar-refractivity contribution in [2.24, 2.45) is 11.8 Å². The lowest BCUT2D eigenvalue weighted by molar-refractivity contribution is 0.128. The van der Waals surface area contributed by atoms with E-state index in [4.69, 9.17) is 5.73 Å². The molecule has 6 rings (SSSR count).